The molecule has 1 aromatic carbocycles. The van der Waals surface area contributed by atoms with E-state index in [4.69, 9.17) is 5.10 Å². The molecule has 6 nitrogen and oxygen atoms in total. The van der Waals surface area contributed by atoms with Crippen molar-refractivity contribution in [2.24, 2.45) is 0 Å². The van der Waals surface area contributed by atoms with Crippen molar-refractivity contribution in [3.63, 3.8) is 0 Å². The summed E-state index contributed by atoms with van der Waals surface area (Å²) in [5.74, 6) is 0.0817. The lowest BCUT2D eigenvalue weighted by Crippen LogP contribution is -2.38. The number of rotatable bonds is 3. The van der Waals surface area contributed by atoms with Gasteiger partial charge in [-0.05, 0) is 43.0 Å². The summed E-state index contributed by atoms with van der Waals surface area (Å²) in [6.45, 7) is 2.88. The maximum atomic E-state index is 13.0. The minimum Gasteiger partial charge on any atom is -0.342 e. The second-order valence-corrected chi connectivity index (χ2v) is 7.72. The molecule has 4 rings (SSSR count). The van der Waals surface area contributed by atoms with E-state index in [0.29, 0.717) is 25.2 Å². The van der Waals surface area contributed by atoms with Crippen molar-refractivity contribution in [1.29, 1.82) is 0 Å². The number of aryl methyl sites for hydroxylation is 1. The van der Waals surface area contributed by atoms with Crippen LogP contribution in [-0.4, -0.2) is 58.1 Å². The van der Waals surface area contributed by atoms with Gasteiger partial charge in [-0.2, -0.15) is 5.10 Å². The summed E-state index contributed by atoms with van der Waals surface area (Å²) < 4.78 is 14.9. The summed E-state index contributed by atoms with van der Waals surface area (Å²) in [6.07, 6.45) is 2.89. The van der Waals surface area contributed by atoms with Crippen LogP contribution in [0.1, 0.15) is 46.9 Å². The fourth-order valence-corrected chi connectivity index (χ4v) is 4.05. The molecule has 0 saturated carbocycles. The van der Waals surface area contributed by atoms with Gasteiger partial charge in [0.25, 0.3) is 5.91 Å². The van der Waals surface area contributed by atoms with Gasteiger partial charge in [-0.3, -0.25) is 14.3 Å². The van der Waals surface area contributed by atoms with Crippen LogP contribution in [0.2, 0.25) is 0 Å². The monoisotopic (exact) mass is 384 g/mol. The number of benzene rings is 1. The van der Waals surface area contributed by atoms with E-state index in [1.807, 2.05) is 22.7 Å². The molecule has 0 N–H and O–H groups in total. The van der Waals surface area contributed by atoms with E-state index in [2.05, 4.69) is 0 Å². The highest BCUT2D eigenvalue weighted by Crippen LogP contribution is 2.29. The fourth-order valence-electron chi connectivity index (χ4n) is 4.05. The van der Waals surface area contributed by atoms with Crippen LogP contribution in [0.3, 0.4) is 0 Å². The van der Waals surface area contributed by atoms with Gasteiger partial charge in [0.05, 0.1) is 12.1 Å². The van der Waals surface area contributed by atoms with Gasteiger partial charge in [0, 0.05) is 39.1 Å². The molecule has 0 atom stereocenters. The molecule has 2 aromatic rings. The third kappa shape index (κ3) is 3.79. The van der Waals surface area contributed by atoms with Gasteiger partial charge < -0.3 is 9.80 Å². The number of carbonyl (C=O) groups excluding carboxylic acids is 2. The minimum atomic E-state index is -0.292. The third-order valence-electron chi connectivity index (χ3n) is 5.76. The molecule has 2 amide bonds. The van der Waals surface area contributed by atoms with Gasteiger partial charge in [-0.15, -0.1) is 0 Å². The number of fused-ring (bicyclic) bond motifs is 1. The Hall–Kier alpha value is -2.70. The normalized spacial score (nSPS) is 18.1. The largest absolute Gasteiger partial charge is 0.342 e. The van der Waals surface area contributed by atoms with Crippen LogP contribution in [0, 0.1) is 5.82 Å². The number of piperidine rings is 1. The van der Waals surface area contributed by atoms with E-state index in [9.17, 15) is 14.0 Å². The molecule has 0 spiro atoms. The zero-order valence-electron chi connectivity index (χ0n) is 16.1. The molecule has 148 valence electrons. The Morgan fingerprint density at radius 1 is 1.14 bits per heavy atom. The SMILES string of the molecule is CN1CCCn2nc(C3CCN(C(=O)Cc4ccc(F)cc4)CC3)cc2C1=O. The molecule has 2 aliphatic heterocycles. The van der Waals surface area contributed by atoms with Gasteiger partial charge in [-0.1, -0.05) is 12.1 Å². The number of hydrogen-bond donors (Lipinski definition) is 0. The number of halogens is 1. The summed E-state index contributed by atoms with van der Waals surface area (Å²) in [5, 5.41) is 4.70. The molecule has 0 bridgehead atoms. The second-order valence-electron chi connectivity index (χ2n) is 7.72. The predicted octanol–water partition coefficient (Wildman–Crippen LogP) is 2.45. The molecule has 3 heterocycles. The van der Waals surface area contributed by atoms with E-state index in [1.54, 1.807) is 17.0 Å². The summed E-state index contributed by atoms with van der Waals surface area (Å²) in [4.78, 5) is 28.6. The number of likely N-dealkylation sites (tertiary alicyclic amines) is 1. The number of aromatic nitrogens is 2. The van der Waals surface area contributed by atoms with Crippen molar-refractivity contribution in [2.45, 2.75) is 38.1 Å². The molecule has 2 aliphatic rings. The second kappa shape index (κ2) is 7.73. The molecular weight excluding hydrogens is 359 g/mol. The fraction of sp³-hybridized carbons (Fsp3) is 0.476. The van der Waals surface area contributed by atoms with Crippen molar-refractivity contribution in [3.05, 3.63) is 53.1 Å². The Labute approximate surface area is 163 Å². The highest BCUT2D eigenvalue weighted by Gasteiger charge is 2.28. The zero-order chi connectivity index (χ0) is 19.7. The molecule has 1 aromatic heterocycles. The summed E-state index contributed by atoms with van der Waals surface area (Å²) in [5.41, 5.74) is 2.46. The summed E-state index contributed by atoms with van der Waals surface area (Å²) in [7, 11) is 1.83. The Bertz CT molecular complexity index is 869. The smallest absolute Gasteiger partial charge is 0.271 e. The van der Waals surface area contributed by atoms with E-state index in [-0.39, 0.29) is 23.5 Å². The van der Waals surface area contributed by atoms with E-state index in [0.717, 1.165) is 43.6 Å². The lowest BCUT2D eigenvalue weighted by molar-refractivity contribution is -0.131. The average molecular weight is 384 g/mol. The lowest BCUT2D eigenvalue weighted by atomic mass is 9.93. The van der Waals surface area contributed by atoms with Crippen LogP contribution in [0.15, 0.2) is 30.3 Å². The minimum absolute atomic E-state index is 0.0307. The molecular formula is C21H25FN4O2. The van der Waals surface area contributed by atoms with Gasteiger partial charge in [0.15, 0.2) is 0 Å². The first-order valence-electron chi connectivity index (χ1n) is 9.86. The number of amides is 2. The van der Waals surface area contributed by atoms with Crippen LogP contribution < -0.4 is 0 Å². The lowest BCUT2D eigenvalue weighted by Gasteiger charge is -2.31. The molecule has 28 heavy (non-hydrogen) atoms. The highest BCUT2D eigenvalue weighted by molar-refractivity contribution is 5.92. The molecule has 0 aliphatic carbocycles. The molecule has 1 fully saturated rings. The topological polar surface area (TPSA) is 58.4 Å². The van der Waals surface area contributed by atoms with Crippen LogP contribution in [0.4, 0.5) is 4.39 Å². The number of nitrogens with zero attached hydrogens (tertiary/aromatic N) is 4. The van der Waals surface area contributed by atoms with Crippen LogP contribution in [-0.2, 0) is 17.8 Å². The molecule has 0 radical (unpaired) electrons. The standard InChI is InChI=1S/C21H25FN4O2/c1-24-9-2-10-26-19(21(24)28)14-18(23-26)16-7-11-25(12-8-16)20(27)13-15-3-5-17(22)6-4-15/h3-6,14,16H,2,7-13H2,1H3. The van der Waals surface area contributed by atoms with Crippen molar-refractivity contribution in [1.82, 2.24) is 19.6 Å². The van der Waals surface area contributed by atoms with E-state index in [1.165, 1.54) is 12.1 Å². The summed E-state index contributed by atoms with van der Waals surface area (Å²) in [6, 6.07) is 8.02. The van der Waals surface area contributed by atoms with Crippen LogP contribution in [0.5, 0.6) is 0 Å². The Morgan fingerprint density at radius 3 is 2.57 bits per heavy atom. The van der Waals surface area contributed by atoms with Crippen molar-refractivity contribution >= 4 is 11.8 Å². The Balaban J connectivity index is 1.37. The van der Waals surface area contributed by atoms with Gasteiger partial charge in [0.2, 0.25) is 5.91 Å². The zero-order valence-corrected chi connectivity index (χ0v) is 16.1. The highest BCUT2D eigenvalue weighted by atomic mass is 19.1. The summed E-state index contributed by atoms with van der Waals surface area (Å²) >= 11 is 0. The Kier molecular flexibility index (Phi) is 5.15. The predicted molar refractivity (Wildman–Crippen MR) is 102 cm³/mol. The first kappa shape index (κ1) is 18.7. The van der Waals surface area contributed by atoms with E-state index < -0.39 is 0 Å². The quantitative estimate of drug-likeness (QED) is 0.817. The van der Waals surface area contributed by atoms with Crippen molar-refractivity contribution in [3.8, 4) is 0 Å². The van der Waals surface area contributed by atoms with Crippen molar-refractivity contribution in [2.75, 3.05) is 26.7 Å². The first-order valence-corrected chi connectivity index (χ1v) is 9.86. The first-order chi connectivity index (χ1) is 13.5. The maximum absolute atomic E-state index is 13.0. The van der Waals surface area contributed by atoms with Crippen LogP contribution >= 0.6 is 0 Å². The van der Waals surface area contributed by atoms with Gasteiger partial charge in [0.1, 0.15) is 11.5 Å². The molecule has 1 saturated heterocycles. The number of hydrogen-bond acceptors (Lipinski definition) is 3. The average Bonchev–Trinajstić information content (AvgIpc) is 3.08. The molecule has 7 heteroatoms. The van der Waals surface area contributed by atoms with E-state index >= 15 is 0 Å². The van der Waals surface area contributed by atoms with Gasteiger partial charge in [-0.25, -0.2) is 4.39 Å². The third-order valence-corrected chi connectivity index (χ3v) is 5.76. The Morgan fingerprint density at radius 2 is 1.86 bits per heavy atom. The van der Waals surface area contributed by atoms with Crippen LogP contribution in [0.25, 0.3) is 0 Å². The number of carbonyl (C=O) groups is 2. The molecule has 0 unspecified atom stereocenters. The van der Waals surface area contributed by atoms with Gasteiger partial charge >= 0.3 is 0 Å². The maximum Gasteiger partial charge on any atom is 0.271 e. The van der Waals surface area contributed by atoms with Crippen molar-refractivity contribution < 1.29 is 14.0 Å².